The molecule has 0 radical (unpaired) electrons. The molecule has 8 N–H and O–H groups in total. The first-order chi connectivity index (χ1) is 34.9. The molecule has 0 aromatic heterocycles. The molecule has 2 aliphatic carbocycles. The number of rotatable bonds is 22. The fourth-order valence-corrected chi connectivity index (χ4v) is 10.4. The molecule has 12 heteroatoms. The van der Waals surface area contributed by atoms with Crippen molar-refractivity contribution >= 4 is 0 Å². The summed E-state index contributed by atoms with van der Waals surface area (Å²) >= 11 is 0. The Hall–Kier alpha value is -3.86. The van der Waals surface area contributed by atoms with Crippen LogP contribution in [-0.2, 0) is 18.9 Å². The van der Waals surface area contributed by atoms with Crippen LogP contribution in [0.5, 0.6) is 0 Å². The van der Waals surface area contributed by atoms with Crippen LogP contribution >= 0.6 is 0 Å². The van der Waals surface area contributed by atoms with Crippen molar-refractivity contribution < 1.29 is 59.8 Å². The number of aliphatic hydroxyl groups is 8. The van der Waals surface area contributed by atoms with Crippen LogP contribution in [0.2, 0.25) is 0 Å². The minimum atomic E-state index is -1.47. The first-order valence-electron chi connectivity index (χ1n) is 26.5. The van der Waals surface area contributed by atoms with Crippen molar-refractivity contribution in [1.29, 1.82) is 0 Å². The zero-order chi connectivity index (χ0) is 54.9. The molecule has 2 saturated heterocycles. The van der Waals surface area contributed by atoms with Gasteiger partial charge in [0.1, 0.15) is 48.8 Å². The molecule has 2 heterocycles. The molecule has 12 nitrogen and oxygen atoms in total. The normalized spacial score (nSPS) is 34.4. The molecule has 0 bridgehead atoms. The summed E-state index contributed by atoms with van der Waals surface area (Å²) in [7, 11) is 0. The topological polar surface area (TPSA) is 199 Å². The smallest absolute Gasteiger partial charge is 0.187 e. The summed E-state index contributed by atoms with van der Waals surface area (Å²) in [5.74, 6) is 1.27. The summed E-state index contributed by atoms with van der Waals surface area (Å²) in [5.41, 5.74) is 8.93. The van der Waals surface area contributed by atoms with Crippen molar-refractivity contribution in [3.05, 3.63) is 155 Å². The van der Waals surface area contributed by atoms with Gasteiger partial charge in [0.25, 0.3) is 0 Å². The second-order valence-corrected chi connectivity index (χ2v) is 22.4. The molecule has 0 aromatic carbocycles. The Kier molecular flexibility index (Phi) is 25.1. The van der Waals surface area contributed by atoms with E-state index in [2.05, 4.69) is 166 Å². The first-order valence-corrected chi connectivity index (χ1v) is 26.5. The van der Waals surface area contributed by atoms with Crippen LogP contribution in [0.1, 0.15) is 108 Å². The van der Waals surface area contributed by atoms with E-state index in [1.54, 1.807) is 0 Å². The van der Waals surface area contributed by atoms with Crippen LogP contribution < -0.4 is 0 Å². The molecule has 2 saturated carbocycles. The molecule has 0 spiro atoms. The van der Waals surface area contributed by atoms with Gasteiger partial charge in [-0.25, -0.2) is 0 Å². The summed E-state index contributed by atoms with van der Waals surface area (Å²) in [4.78, 5) is 0. The maximum Gasteiger partial charge on any atom is 0.187 e. The first kappa shape index (κ1) is 62.7. The van der Waals surface area contributed by atoms with Gasteiger partial charge in [-0.3, -0.25) is 0 Å². The quantitative estimate of drug-likeness (QED) is 0.0379. The van der Waals surface area contributed by atoms with E-state index in [4.69, 9.17) is 18.9 Å². The molecule has 2 aliphatic heterocycles. The van der Waals surface area contributed by atoms with Gasteiger partial charge < -0.3 is 59.8 Å². The highest BCUT2D eigenvalue weighted by Crippen LogP contribution is 2.51. The van der Waals surface area contributed by atoms with E-state index in [-0.39, 0.29) is 35.9 Å². The van der Waals surface area contributed by atoms with Crippen LogP contribution in [-0.4, -0.2) is 129 Å². The number of hydrogen-bond acceptors (Lipinski definition) is 12. The largest absolute Gasteiger partial charge is 0.394 e. The van der Waals surface area contributed by atoms with Gasteiger partial charge in [-0.05, 0) is 103 Å². The van der Waals surface area contributed by atoms with Gasteiger partial charge in [-0.1, -0.05) is 183 Å². The minimum Gasteiger partial charge on any atom is -0.394 e. The predicted molar refractivity (Wildman–Crippen MR) is 295 cm³/mol. The molecule has 4 aliphatic rings. The Bertz CT molecular complexity index is 2040. The fraction of sp³-hybridized carbons (Fsp3) is 0.581. The van der Waals surface area contributed by atoms with Crippen LogP contribution in [0, 0.1) is 34.5 Å². The summed E-state index contributed by atoms with van der Waals surface area (Å²) in [6.07, 6.45) is 27.0. The van der Waals surface area contributed by atoms with Crippen LogP contribution in [0.3, 0.4) is 0 Å². The minimum absolute atomic E-state index is 0.0274. The van der Waals surface area contributed by atoms with E-state index in [9.17, 15) is 40.9 Å². The Balaban J connectivity index is 1.23. The van der Waals surface area contributed by atoms with Gasteiger partial charge in [0, 0.05) is 11.8 Å². The lowest BCUT2D eigenvalue weighted by Gasteiger charge is -2.45. The third-order valence-corrected chi connectivity index (χ3v) is 15.7. The molecule has 0 amide bonds. The number of hydrogen-bond donors (Lipinski definition) is 8. The molecule has 4 fully saturated rings. The second kappa shape index (κ2) is 29.6. The van der Waals surface area contributed by atoms with Gasteiger partial charge in [-0.15, -0.1) is 0 Å². The van der Waals surface area contributed by atoms with Crippen LogP contribution in [0.25, 0.3) is 0 Å². The highest BCUT2D eigenvalue weighted by Gasteiger charge is 2.46. The van der Waals surface area contributed by atoms with E-state index in [0.29, 0.717) is 11.8 Å². The standard InChI is InChI=1S/C62H92O12/c1-39(19-15-21-41(3)25-33-49-45(7)27-31-47(61(49,9)10)29-23-43(5)37-71-59-57(69)55(67)53(65)51(35-63)73-59)17-13-14-18-40(2)20-16-22-42(4)26-34-50-46(8)28-32-48(62(50,11)12)30-24-44(6)38-72-60-58(70)56(68)54(66)52(36-64)74-60/h13-26,33-34,47-60,63-70H,7-8,27-32,35-38H2,1-6,9-12H3/b14-13+,19-15+,20-16+,33-25+,34-26+,39-17+,40-18+,41-21+,42-22+,43-23+,44-24+/t47-,48-,49+,50+,51-,52+,53+,54+,55-,56-,57-,58+,59+,60+/m0/s1. The van der Waals surface area contributed by atoms with Gasteiger partial charge in [-0.2, -0.15) is 0 Å². The van der Waals surface area contributed by atoms with Crippen molar-refractivity contribution in [2.45, 2.75) is 169 Å². The third kappa shape index (κ3) is 17.9. The maximum absolute atomic E-state index is 10.3. The van der Waals surface area contributed by atoms with Gasteiger partial charge in [0.05, 0.1) is 26.4 Å². The van der Waals surface area contributed by atoms with E-state index >= 15 is 0 Å². The summed E-state index contributed by atoms with van der Waals surface area (Å²) in [5, 5.41) is 79.9. The van der Waals surface area contributed by atoms with Crippen molar-refractivity contribution in [2.75, 3.05) is 26.4 Å². The molecule has 74 heavy (non-hydrogen) atoms. The maximum atomic E-state index is 10.3. The molecule has 0 unspecified atom stereocenters. The SMILES string of the molecule is C=C1CC[C@H](C/C=C(\C)CO[C@@H]2O[C@@H](CO)[C@@H](O)[C@H](O)[C@@H]2O)C(C)(C)[C@@H]1/C=C/C(C)=C/C=C/C(C)=C/C=C/C=C(C)/C=C/C=C(C)/C=C/[C@@H]1C(=C)CC[C@H](C/C=C(\C)CO[C@@H]2O[C@H](CO)[C@@H](O)[C@H](O)[C@H]2O)C1(C)C. The number of ether oxygens (including phenoxy) is 4. The summed E-state index contributed by atoms with van der Waals surface area (Å²) in [6, 6.07) is 0. The Morgan fingerprint density at radius 2 is 0.851 bits per heavy atom. The highest BCUT2D eigenvalue weighted by molar-refractivity contribution is 5.33. The molecule has 14 atom stereocenters. The van der Waals surface area contributed by atoms with Gasteiger partial charge in [0.15, 0.2) is 12.6 Å². The van der Waals surface area contributed by atoms with Crippen molar-refractivity contribution in [3.8, 4) is 0 Å². The second-order valence-electron chi connectivity index (χ2n) is 22.4. The third-order valence-electron chi connectivity index (χ3n) is 15.7. The lowest BCUT2D eigenvalue weighted by atomic mass is 9.59. The molecular weight excluding hydrogens is 937 g/mol. The van der Waals surface area contributed by atoms with Crippen molar-refractivity contribution in [3.63, 3.8) is 0 Å². The van der Waals surface area contributed by atoms with Crippen molar-refractivity contribution in [1.82, 2.24) is 0 Å². The monoisotopic (exact) mass is 1030 g/mol. The summed E-state index contributed by atoms with van der Waals surface area (Å²) < 4.78 is 22.5. The highest BCUT2D eigenvalue weighted by atomic mass is 16.7. The molecule has 412 valence electrons. The van der Waals surface area contributed by atoms with E-state index < -0.39 is 74.6 Å². The Labute approximate surface area is 443 Å². The predicted octanol–water partition coefficient (Wildman–Crippen LogP) is 9.08. The molecular formula is C62H92O12. The average molecular weight is 1030 g/mol. The van der Waals surface area contributed by atoms with Crippen LogP contribution in [0.15, 0.2) is 155 Å². The number of aliphatic hydroxyl groups excluding tert-OH is 8. The average Bonchev–Trinajstić information content (AvgIpc) is 3.34. The Morgan fingerprint density at radius 3 is 1.20 bits per heavy atom. The zero-order valence-electron chi connectivity index (χ0n) is 46.0. The molecule has 0 aromatic rings. The zero-order valence-corrected chi connectivity index (χ0v) is 46.0. The van der Waals surface area contributed by atoms with Crippen molar-refractivity contribution in [2.24, 2.45) is 34.5 Å². The van der Waals surface area contributed by atoms with Crippen LogP contribution in [0.4, 0.5) is 0 Å². The number of allylic oxidation sites excluding steroid dienone is 22. The summed E-state index contributed by atoms with van der Waals surface area (Å²) in [6.45, 7) is 29.9. The lowest BCUT2D eigenvalue weighted by molar-refractivity contribution is -0.299. The fourth-order valence-electron chi connectivity index (χ4n) is 10.4. The Morgan fingerprint density at radius 1 is 0.514 bits per heavy atom. The van der Waals surface area contributed by atoms with E-state index in [1.807, 2.05) is 13.8 Å². The van der Waals surface area contributed by atoms with Gasteiger partial charge >= 0.3 is 0 Å². The van der Waals surface area contributed by atoms with E-state index in [0.717, 1.165) is 72.0 Å². The van der Waals surface area contributed by atoms with E-state index in [1.165, 1.54) is 11.1 Å². The van der Waals surface area contributed by atoms with Gasteiger partial charge in [0.2, 0.25) is 0 Å². The lowest BCUT2D eigenvalue weighted by Crippen LogP contribution is -2.59. The molecule has 4 rings (SSSR count).